The van der Waals surface area contributed by atoms with Crippen LogP contribution < -0.4 is 10.1 Å². The van der Waals surface area contributed by atoms with Crippen LogP contribution in [-0.4, -0.2) is 32.9 Å². The number of halogens is 1. The number of likely N-dealkylation sites (N-methyl/N-ethyl adjacent to an activating group) is 1. The van der Waals surface area contributed by atoms with E-state index >= 15 is 0 Å². The summed E-state index contributed by atoms with van der Waals surface area (Å²) >= 11 is 6.10. The third-order valence-electron chi connectivity index (χ3n) is 3.47. The monoisotopic (exact) mass is 299 g/mol. The smallest absolute Gasteiger partial charge is 0.122 e. The fourth-order valence-corrected chi connectivity index (χ4v) is 2.69. The third kappa shape index (κ3) is 4.65. The van der Waals surface area contributed by atoms with E-state index < -0.39 is 0 Å². The van der Waals surface area contributed by atoms with E-state index in [0.717, 1.165) is 22.8 Å². The van der Waals surface area contributed by atoms with E-state index in [9.17, 15) is 0 Å². The van der Waals surface area contributed by atoms with Crippen molar-refractivity contribution in [2.75, 3.05) is 20.8 Å². The summed E-state index contributed by atoms with van der Waals surface area (Å²) in [4.78, 5) is 0. The summed E-state index contributed by atoms with van der Waals surface area (Å²) in [5.74, 6) is 1.31. The molecule has 1 rings (SSSR count). The Kier molecular flexibility index (Phi) is 7.35. The van der Waals surface area contributed by atoms with Gasteiger partial charge in [-0.2, -0.15) is 0 Å². The van der Waals surface area contributed by atoms with E-state index in [4.69, 9.17) is 21.1 Å². The van der Waals surface area contributed by atoms with Crippen LogP contribution in [0, 0.1) is 5.92 Å². The second-order valence-electron chi connectivity index (χ2n) is 5.22. The van der Waals surface area contributed by atoms with Crippen LogP contribution in [0.2, 0.25) is 5.02 Å². The number of rotatable bonds is 8. The number of ether oxygens (including phenoxy) is 2. The van der Waals surface area contributed by atoms with Gasteiger partial charge in [0.1, 0.15) is 5.75 Å². The topological polar surface area (TPSA) is 30.5 Å². The summed E-state index contributed by atoms with van der Waals surface area (Å²) in [5, 5.41) is 4.09. The van der Waals surface area contributed by atoms with E-state index in [-0.39, 0.29) is 12.1 Å². The average molecular weight is 300 g/mol. The largest absolute Gasteiger partial charge is 0.496 e. The summed E-state index contributed by atoms with van der Waals surface area (Å²) < 4.78 is 11.3. The van der Waals surface area contributed by atoms with E-state index in [2.05, 4.69) is 19.2 Å². The lowest BCUT2D eigenvalue weighted by atomic mass is 9.93. The van der Waals surface area contributed by atoms with Crippen LogP contribution in [0.25, 0.3) is 0 Å². The van der Waals surface area contributed by atoms with Gasteiger partial charge in [-0.05, 0) is 50.1 Å². The number of benzene rings is 1. The molecule has 0 aromatic heterocycles. The number of hydrogen-bond acceptors (Lipinski definition) is 3. The van der Waals surface area contributed by atoms with Gasteiger partial charge in [-0.1, -0.05) is 25.4 Å². The molecule has 20 heavy (non-hydrogen) atoms. The molecule has 2 unspecified atom stereocenters. The highest BCUT2D eigenvalue weighted by molar-refractivity contribution is 6.30. The zero-order valence-corrected chi connectivity index (χ0v) is 13.8. The van der Waals surface area contributed by atoms with Gasteiger partial charge in [0.25, 0.3) is 0 Å². The molecule has 0 amide bonds. The lowest BCUT2D eigenvalue weighted by molar-refractivity contribution is 0.00525. The molecule has 0 radical (unpaired) electrons. The first kappa shape index (κ1) is 17.3. The number of methoxy groups -OCH3 is 1. The Balaban J connectivity index is 2.94. The summed E-state index contributed by atoms with van der Waals surface area (Å²) in [6.07, 6.45) is 0.983. The van der Waals surface area contributed by atoms with Crippen LogP contribution in [0.3, 0.4) is 0 Å². The second kappa shape index (κ2) is 8.50. The molecule has 0 fully saturated rings. The molecule has 114 valence electrons. The van der Waals surface area contributed by atoms with Crippen LogP contribution in [0.1, 0.15) is 26.3 Å². The molecule has 0 saturated heterocycles. The zero-order chi connectivity index (χ0) is 15.1. The first-order valence-electron chi connectivity index (χ1n) is 7.14. The van der Waals surface area contributed by atoms with E-state index in [1.165, 1.54) is 0 Å². The highest BCUT2D eigenvalue weighted by atomic mass is 35.5. The maximum absolute atomic E-state index is 6.10. The Bertz CT molecular complexity index is 409. The number of nitrogens with one attached hydrogen (secondary N) is 1. The van der Waals surface area contributed by atoms with Gasteiger partial charge >= 0.3 is 0 Å². The average Bonchev–Trinajstić information content (AvgIpc) is 2.42. The molecule has 1 aromatic rings. The van der Waals surface area contributed by atoms with Gasteiger partial charge in [0, 0.05) is 17.7 Å². The highest BCUT2D eigenvalue weighted by Crippen LogP contribution is 2.25. The summed E-state index contributed by atoms with van der Waals surface area (Å²) in [6, 6.07) is 5.95. The molecule has 0 aliphatic heterocycles. The normalized spacial score (nSPS) is 14.3. The quantitative estimate of drug-likeness (QED) is 0.796. The molecule has 0 aliphatic rings. The van der Waals surface area contributed by atoms with Crippen molar-refractivity contribution < 1.29 is 9.47 Å². The minimum absolute atomic E-state index is 0.161. The van der Waals surface area contributed by atoms with Gasteiger partial charge in [0.2, 0.25) is 0 Å². The molecule has 0 saturated carbocycles. The molecule has 2 atom stereocenters. The van der Waals surface area contributed by atoms with Gasteiger partial charge < -0.3 is 14.8 Å². The van der Waals surface area contributed by atoms with Gasteiger partial charge in [-0.15, -0.1) is 0 Å². The van der Waals surface area contributed by atoms with Crippen molar-refractivity contribution in [3.8, 4) is 5.75 Å². The Morgan fingerprint density at radius 1 is 1.30 bits per heavy atom. The molecule has 0 heterocycles. The van der Waals surface area contributed by atoms with Crippen LogP contribution in [0.4, 0.5) is 0 Å². The predicted molar refractivity (Wildman–Crippen MR) is 84.8 cm³/mol. The summed E-state index contributed by atoms with van der Waals surface area (Å²) in [6.45, 7) is 7.11. The standard InChI is InChI=1S/C16H26ClNO2/c1-6-20-16(11(2)3)14(18-4)10-12-9-13(17)7-8-15(12)19-5/h7-9,11,14,16,18H,6,10H2,1-5H3. The van der Waals surface area contributed by atoms with Gasteiger partial charge in [-0.3, -0.25) is 0 Å². The lowest BCUT2D eigenvalue weighted by Gasteiger charge is -2.30. The SMILES string of the molecule is CCOC(C(C)C)C(Cc1cc(Cl)ccc1OC)NC. The third-order valence-corrected chi connectivity index (χ3v) is 3.70. The fourth-order valence-electron chi connectivity index (χ4n) is 2.49. The van der Waals surface area contributed by atoms with Crippen LogP contribution in [0.5, 0.6) is 5.75 Å². The van der Waals surface area contributed by atoms with E-state index in [1.807, 2.05) is 32.2 Å². The van der Waals surface area contributed by atoms with E-state index in [0.29, 0.717) is 12.5 Å². The van der Waals surface area contributed by atoms with Gasteiger partial charge in [-0.25, -0.2) is 0 Å². The van der Waals surface area contributed by atoms with Crippen molar-refractivity contribution in [3.63, 3.8) is 0 Å². The van der Waals surface area contributed by atoms with Crippen molar-refractivity contribution in [1.29, 1.82) is 0 Å². The van der Waals surface area contributed by atoms with Crippen LogP contribution >= 0.6 is 11.6 Å². The molecule has 1 aromatic carbocycles. The van der Waals surface area contributed by atoms with Gasteiger partial charge in [0.05, 0.1) is 13.2 Å². The van der Waals surface area contributed by atoms with Crippen LogP contribution in [-0.2, 0) is 11.2 Å². The second-order valence-corrected chi connectivity index (χ2v) is 5.66. The lowest BCUT2D eigenvalue weighted by Crippen LogP contribution is -2.44. The van der Waals surface area contributed by atoms with Gasteiger partial charge in [0.15, 0.2) is 0 Å². The van der Waals surface area contributed by atoms with Crippen molar-refractivity contribution in [2.45, 2.75) is 39.3 Å². The molecular weight excluding hydrogens is 274 g/mol. The maximum Gasteiger partial charge on any atom is 0.122 e. The predicted octanol–water partition coefficient (Wildman–Crippen LogP) is 3.54. The van der Waals surface area contributed by atoms with E-state index in [1.54, 1.807) is 7.11 Å². The molecule has 3 nitrogen and oxygen atoms in total. The molecule has 0 aliphatic carbocycles. The molecule has 4 heteroatoms. The summed E-state index contributed by atoms with van der Waals surface area (Å²) in [5.41, 5.74) is 1.10. The van der Waals surface area contributed by atoms with Crippen molar-refractivity contribution >= 4 is 11.6 Å². The zero-order valence-electron chi connectivity index (χ0n) is 13.1. The Morgan fingerprint density at radius 3 is 2.50 bits per heavy atom. The fraction of sp³-hybridized carbons (Fsp3) is 0.625. The highest BCUT2D eigenvalue weighted by Gasteiger charge is 2.25. The molecule has 1 N–H and O–H groups in total. The number of hydrogen-bond donors (Lipinski definition) is 1. The Morgan fingerprint density at radius 2 is 2.00 bits per heavy atom. The molecule has 0 spiro atoms. The minimum atomic E-state index is 0.161. The summed E-state index contributed by atoms with van der Waals surface area (Å²) in [7, 11) is 3.65. The minimum Gasteiger partial charge on any atom is -0.496 e. The van der Waals surface area contributed by atoms with Crippen molar-refractivity contribution in [1.82, 2.24) is 5.32 Å². The molecular formula is C16H26ClNO2. The first-order valence-corrected chi connectivity index (χ1v) is 7.52. The van der Waals surface area contributed by atoms with Crippen LogP contribution in [0.15, 0.2) is 18.2 Å². The first-order chi connectivity index (χ1) is 9.53. The Hall–Kier alpha value is -0.770. The Labute approximate surface area is 127 Å². The molecule has 0 bridgehead atoms. The van der Waals surface area contributed by atoms with Crippen molar-refractivity contribution in [3.05, 3.63) is 28.8 Å². The van der Waals surface area contributed by atoms with Crippen molar-refractivity contribution in [2.24, 2.45) is 5.92 Å². The maximum atomic E-state index is 6.10.